The summed E-state index contributed by atoms with van der Waals surface area (Å²) in [5.41, 5.74) is 3.02. The van der Waals surface area contributed by atoms with E-state index in [0.717, 1.165) is 22.6 Å². The van der Waals surface area contributed by atoms with Crippen LogP contribution in [-0.2, 0) is 11.4 Å². The van der Waals surface area contributed by atoms with Crippen molar-refractivity contribution in [3.63, 3.8) is 0 Å². The minimum Gasteiger partial charge on any atom is -0.497 e. The first-order valence-corrected chi connectivity index (χ1v) is 9.92. The van der Waals surface area contributed by atoms with Gasteiger partial charge in [-0.2, -0.15) is 0 Å². The fourth-order valence-electron chi connectivity index (χ4n) is 3.56. The molecule has 1 atom stereocenters. The molecule has 0 aromatic heterocycles. The molecule has 4 rings (SSSR count). The molecule has 0 aliphatic carbocycles. The Balaban J connectivity index is 1.48. The summed E-state index contributed by atoms with van der Waals surface area (Å²) < 4.78 is 11.1. The zero-order chi connectivity index (χ0) is 20.2. The van der Waals surface area contributed by atoms with Gasteiger partial charge >= 0.3 is 0 Å². The molecular formula is C24H22ClNO3. The number of hydrogen-bond donors (Lipinski definition) is 0. The average Bonchev–Trinajstić information content (AvgIpc) is 3.15. The van der Waals surface area contributed by atoms with E-state index in [-0.39, 0.29) is 11.8 Å². The Morgan fingerprint density at radius 1 is 1.03 bits per heavy atom. The van der Waals surface area contributed by atoms with Crippen molar-refractivity contribution in [1.82, 2.24) is 0 Å². The molecule has 29 heavy (non-hydrogen) atoms. The van der Waals surface area contributed by atoms with Gasteiger partial charge in [-0.05, 0) is 47.5 Å². The molecule has 0 unspecified atom stereocenters. The van der Waals surface area contributed by atoms with Crippen LogP contribution >= 0.6 is 11.6 Å². The first-order valence-electron chi connectivity index (χ1n) is 9.54. The third-order valence-electron chi connectivity index (χ3n) is 5.17. The van der Waals surface area contributed by atoms with E-state index < -0.39 is 0 Å². The van der Waals surface area contributed by atoms with Crippen LogP contribution in [0.4, 0.5) is 5.69 Å². The summed E-state index contributed by atoms with van der Waals surface area (Å²) in [6, 6.07) is 23.3. The molecule has 0 spiro atoms. The summed E-state index contributed by atoms with van der Waals surface area (Å²) >= 11 is 6.34. The smallest absolute Gasteiger partial charge is 0.227 e. The second-order valence-electron chi connectivity index (χ2n) is 7.07. The van der Waals surface area contributed by atoms with Crippen molar-refractivity contribution in [1.29, 1.82) is 0 Å². The number of anilines is 1. The van der Waals surface area contributed by atoms with Crippen molar-refractivity contribution < 1.29 is 14.3 Å². The molecule has 0 N–H and O–H groups in total. The van der Waals surface area contributed by atoms with Gasteiger partial charge in [-0.3, -0.25) is 4.79 Å². The lowest BCUT2D eigenvalue weighted by molar-refractivity contribution is -0.117. The van der Waals surface area contributed by atoms with Crippen molar-refractivity contribution in [2.45, 2.75) is 18.9 Å². The maximum atomic E-state index is 12.6. The van der Waals surface area contributed by atoms with Crippen molar-refractivity contribution in [3.05, 3.63) is 88.9 Å². The Bertz CT molecular complexity index is 989. The predicted octanol–water partition coefficient (Wildman–Crippen LogP) is 5.45. The highest BCUT2D eigenvalue weighted by atomic mass is 35.5. The van der Waals surface area contributed by atoms with Crippen LogP contribution in [0.3, 0.4) is 0 Å². The zero-order valence-corrected chi connectivity index (χ0v) is 16.9. The summed E-state index contributed by atoms with van der Waals surface area (Å²) in [6.07, 6.45) is 0.464. The zero-order valence-electron chi connectivity index (χ0n) is 16.2. The van der Waals surface area contributed by atoms with Crippen molar-refractivity contribution in [2.24, 2.45) is 0 Å². The molecular weight excluding hydrogens is 386 g/mol. The second-order valence-corrected chi connectivity index (χ2v) is 7.47. The number of rotatable bonds is 6. The largest absolute Gasteiger partial charge is 0.497 e. The van der Waals surface area contributed by atoms with Crippen molar-refractivity contribution in [2.75, 3.05) is 18.6 Å². The van der Waals surface area contributed by atoms with E-state index >= 15 is 0 Å². The molecule has 1 heterocycles. The Hall–Kier alpha value is -2.98. The lowest BCUT2D eigenvalue weighted by Gasteiger charge is -2.18. The number of carbonyl (C=O) groups excluding carboxylic acids is 1. The Labute approximate surface area is 175 Å². The van der Waals surface area contributed by atoms with E-state index in [9.17, 15) is 4.79 Å². The molecule has 1 amide bonds. The van der Waals surface area contributed by atoms with Crippen LogP contribution < -0.4 is 14.4 Å². The Kier molecular flexibility index (Phi) is 5.72. The lowest BCUT2D eigenvalue weighted by Crippen LogP contribution is -2.24. The minimum atomic E-state index is 0.0981. The first kappa shape index (κ1) is 19.3. The monoisotopic (exact) mass is 407 g/mol. The average molecular weight is 408 g/mol. The second kappa shape index (κ2) is 8.58. The molecule has 0 radical (unpaired) electrons. The first-order chi connectivity index (χ1) is 14.1. The highest BCUT2D eigenvalue weighted by Gasteiger charge is 2.32. The summed E-state index contributed by atoms with van der Waals surface area (Å²) in [4.78, 5) is 14.4. The molecule has 1 aliphatic rings. The van der Waals surface area contributed by atoms with Crippen LogP contribution in [0.2, 0.25) is 5.02 Å². The normalized spacial score (nSPS) is 16.1. The number of halogens is 1. The van der Waals surface area contributed by atoms with E-state index in [1.165, 1.54) is 0 Å². The number of carbonyl (C=O) groups is 1. The van der Waals surface area contributed by atoms with Gasteiger partial charge in [0.05, 0.1) is 12.1 Å². The van der Waals surface area contributed by atoms with Crippen LogP contribution in [0.15, 0.2) is 72.8 Å². The molecule has 4 nitrogen and oxygen atoms in total. The predicted molar refractivity (Wildman–Crippen MR) is 115 cm³/mol. The van der Waals surface area contributed by atoms with Crippen molar-refractivity contribution in [3.8, 4) is 11.5 Å². The van der Waals surface area contributed by atoms with E-state index in [1.54, 1.807) is 7.11 Å². The van der Waals surface area contributed by atoms with Gasteiger partial charge < -0.3 is 14.4 Å². The molecule has 1 fully saturated rings. The quantitative estimate of drug-likeness (QED) is 0.545. The van der Waals surface area contributed by atoms with Crippen LogP contribution in [0.1, 0.15) is 23.5 Å². The number of amides is 1. The maximum absolute atomic E-state index is 12.6. The van der Waals surface area contributed by atoms with Crippen molar-refractivity contribution >= 4 is 23.2 Å². The fraction of sp³-hybridized carbons (Fsp3) is 0.208. The van der Waals surface area contributed by atoms with E-state index in [1.807, 2.05) is 77.7 Å². The molecule has 1 saturated heterocycles. The summed E-state index contributed by atoms with van der Waals surface area (Å²) in [5.74, 6) is 1.63. The number of benzene rings is 3. The topological polar surface area (TPSA) is 38.8 Å². The minimum absolute atomic E-state index is 0.0981. The molecule has 0 saturated carbocycles. The van der Waals surface area contributed by atoms with Gasteiger partial charge in [0.1, 0.15) is 18.1 Å². The van der Waals surface area contributed by atoms with E-state index in [4.69, 9.17) is 21.1 Å². The third-order valence-corrected chi connectivity index (χ3v) is 5.49. The number of hydrogen-bond acceptors (Lipinski definition) is 3. The van der Waals surface area contributed by atoms with Crippen LogP contribution in [-0.4, -0.2) is 19.6 Å². The lowest BCUT2D eigenvalue weighted by atomic mass is 9.98. The third kappa shape index (κ3) is 4.38. The van der Waals surface area contributed by atoms with Gasteiger partial charge in [0, 0.05) is 24.6 Å². The molecule has 5 heteroatoms. The van der Waals surface area contributed by atoms with Gasteiger partial charge in [0.15, 0.2) is 0 Å². The molecule has 3 aromatic rings. The summed E-state index contributed by atoms with van der Waals surface area (Å²) in [7, 11) is 1.63. The highest BCUT2D eigenvalue weighted by Crippen LogP contribution is 2.36. The molecule has 1 aliphatic heterocycles. The Morgan fingerprint density at radius 3 is 2.52 bits per heavy atom. The van der Waals surface area contributed by atoms with Crippen LogP contribution in [0.5, 0.6) is 11.5 Å². The Morgan fingerprint density at radius 2 is 1.79 bits per heavy atom. The highest BCUT2D eigenvalue weighted by molar-refractivity contribution is 6.32. The SMILES string of the molecule is COc1ccc(N2C[C@@H](c3ccc(Cl)c(OCc4ccccc4)c3)CC2=O)cc1. The van der Waals surface area contributed by atoms with Gasteiger partial charge in [0.25, 0.3) is 0 Å². The number of nitrogens with zero attached hydrogens (tertiary/aromatic N) is 1. The fourth-order valence-corrected chi connectivity index (χ4v) is 3.73. The standard InChI is InChI=1S/C24H22ClNO3/c1-28-21-10-8-20(9-11-21)26-15-19(14-24(26)27)18-7-12-22(25)23(13-18)29-16-17-5-3-2-4-6-17/h2-13,19H,14-16H2,1H3/t19-/m0/s1. The summed E-state index contributed by atoms with van der Waals surface area (Å²) in [6.45, 7) is 1.08. The molecule has 3 aromatic carbocycles. The maximum Gasteiger partial charge on any atom is 0.227 e. The van der Waals surface area contributed by atoms with Crippen LogP contribution in [0, 0.1) is 0 Å². The van der Waals surface area contributed by atoms with Crippen LogP contribution in [0.25, 0.3) is 0 Å². The summed E-state index contributed by atoms with van der Waals surface area (Å²) in [5, 5.41) is 0.570. The molecule has 0 bridgehead atoms. The number of methoxy groups -OCH3 is 1. The van der Waals surface area contributed by atoms with Gasteiger partial charge in [-0.1, -0.05) is 48.0 Å². The van der Waals surface area contributed by atoms with Gasteiger partial charge in [-0.25, -0.2) is 0 Å². The van der Waals surface area contributed by atoms with Gasteiger partial charge in [0.2, 0.25) is 5.91 Å². The van der Waals surface area contributed by atoms with E-state index in [2.05, 4.69) is 0 Å². The molecule has 148 valence electrons. The van der Waals surface area contributed by atoms with Gasteiger partial charge in [-0.15, -0.1) is 0 Å². The number of ether oxygens (including phenoxy) is 2. The van der Waals surface area contributed by atoms with E-state index in [0.29, 0.717) is 30.3 Å².